The van der Waals surface area contributed by atoms with E-state index < -0.39 is 12.0 Å². The van der Waals surface area contributed by atoms with E-state index in [9.17, 15) is 9.90 Å². The number of benzene rings is 2. The number of aryl methyl sites for hydroxylation is 2. The summed E-state index contributed by atoms with van der Waals surface area (Å²) in [5.41, 5.74) is 9.39. The molecule has 0 amide bonds. The van der Waals surface area contributed by atoms with Crippen molar-refractivity contribution in [2.24, 2.45) is 10.9 Å². The van der Waals surface area contributed by atoms with Crippen LogP contribution in [0.5, 0.6) is 5.75 Å². The Morgan fingerprint density at radius 3 is 2.53 bits per heavy atom. The van der Waals surface area contributed by atoms with E-state index in [1.807, 2.05) is 19.1 Å². The van der Waals surface area contributed by atoms with Gasteiger partial charge in [-0.3, -0.25) is 0 Å². The van der Waals surface area contributed by atoms with Gasteiger partial charge in [0.15, 0.2) is 11.9 Å². The molecule has 0 heterocycles. The number of esters is 1. The summed E-state index contributed by atoms with van der Waals surface area (Å²) >= 11 is 0. The summed E-state index contributed by atoms with van der Waals surface area (Å²) < 4.78 is 10.9. The number of methoxy groups -OCH3 is 1. The number of hydrogen-bond donors (Lipinski definition) is 4. The second-order valence-electron chi connectivity index (χ2n) is 6.83. The summed E-state index contributed by atoms with van der Waals surface area (Å²) in [4.78, 5) is 12.7. The van der Waals surface area contributed by atoms with E-state index in [0.717, 1.165) is 24.0 Å². The maximum absolute atomic E-state index is 12.7. The molecular formula is C22H29N3O5. The molecule has 8 heteroatoms. The first-order valence-corrected chi connectivity index (χ1v) is 9.74. The molecule has 0 aliphatic carbocycles. The average molecular weight is 415 g/mol. The standard InChI is InChI=1S/C22H29N3O5/c1-4-5-16-12-14(2)13-18(20(16)30-11-10-26)19(22(27)29-3)24-17-8-6-15(7-9-17)21(23)25-28/h6-9,12-13,19,24,26,28H,4-5,10-11H2,1-3H3,(H2,23,25). The molecule has 0 aliphatic rings. The van der Waals surface area contributed by atoms with Crippen molar-refractivity contribution in [2.75, 3.05) is 25.6 Å². The fraction of sp³-hybridized carbons (Fsp3) is 0.364. The van der Waals surface area contributed by atoms with Crippen molar-refractivity contribution in [3.05, 3.63) is 58.7 Å². The third-order valence-electron chi connectivity index (χ3n) is 4.54. The van der Waals surface area contributed by atoms with Crippen LogP contribution in [0, 0.1) is 6.92 Å². The second-order valence-corrected chi connectivity index (χ2v) is 6.83. The van der Waals surface area contributed by atoms with Crippen LogP contribution in [0.15, 0.2) is 41.6 Å². The molecule has 0 fully saturated rings. The molecule has 1 unspecified atom stereocenters. The summed E-state index contributed by atoms with van der Waals surface area (Å²) in [5, 5.41) is 24.2. The normalized spacial score (nSPS) is 12.3. The van der Waals surface area contributed by atoms with E-state index >= 15 is 0 Å². The number of carbonyl (C=O) groups is 1. The number of rotatable bonds is 10. The SMILES string of the molecule is CCCc1cc(C)cc(C(Nc2ccc(C(N)=NO)cc2)C(=O)OC)c1OCCO. The quantitative estimate of drug-likeness (QED) is 0.154. The predicted molar refractivity (Wildman–Crippen MR) is 115 cm³/mol. The highest BCUT2D eigenvalue weighted by Crippen LogP contribution is 2.34. The van der Waals surface area contributed by atoms with E-state index in [-0.39, 0.29) is 19.0 Å². The zero-order valence-electron chi connectivity index (χ0n) is 17.5. The maximum atomic E-state index is 12.7. The van der Waals surface area contributed by atoms with Crippen molar-refractivity contribution in [1.82, 2.24) is 0 Å². The van der Waals surface area contributed by atoms with Gasteiger partial charge in [-0.2, -0.15) is 0 Å². The van der Waals surface area contributed by atoms with Gasteiger partial charge in [0.2, 0.25) is 0 Å². The van der Waals surface area contributed by atoms with Crippen LogP contribution in [0.4, 0.5) is 5.69 Å². The number of aliphatic hydroxyl groups is 1. The van der Waals surface area contributed by atoms with Gasteiger partial charge in [-0.15, -0.1) is 0 Å². The van der Waals surface area contributed by atoms with E-state index in [1.54, 1.807) is 24.3 Å². The Morgan fingerprint density at radius 2 is 1.97 bits per heavy atom. The van der Waals surface area contributed by atoms with Crippen molar-refractivity contribution in [3.63, 3.8) is 0 Å². The number of nitrogens with one attached hydrogen (secondary N) is 1. The number of carbonyl (C=O) groups excluding carboxylic acids is 1. The highest BCUT2D eigenvalue weighted by atomic mass is 16.5. The van der Waals surface area contributed by atoms with Gasteiger partial charge in [0.1, 0.15) is 12.4 Å². The monoisotopic (exact) mass is 415 g/mol. The van der Waals surface area contributed by atoms with E-state index in [0.29, 0.717) is 22.6 Å². The lowest BCUT2D eigenvalue weighted by Gasteiger charge is -2.23. The summed E-state index contributed by atoms with van der Waals surface area (Å²) in [6.07, 6.45) is 1.68. The van der Waals surface area contributed by atoms with Crippen molar-refractivity contribution in [2.45, 2.75) is 32.7 Å². The predicted octanol–water partition coefficient (Wildman–Crippen LogP) is 2.74. The highest BCUT2D eigenvalue weighted by molar-refractivity contribution is 5.97. The summed E-state index contributed by atoms with van der Waals surface area (Å²) in [5.74, 6) is 0.0961. The van der Waals surface area contributed by atoms with E-state index in [4.69, 9.17) is 20.4 Å². The molecule has 0 aliphatic heterocycles. The topological polar surface area (TPSA) is 126 Å². The zero-order valence-corrected chi connectivity index (χ0v) is 17.5. The van der Waals surface area contributed by atoms with Gasteiger partial charge in [-0.05, 0) is 49.2 Å². The van der Waals surface area contributed by atoms with Gasteiger partial charge in [-0.1, -0.05) is 30.1 Å². The average Bonchev–Trinajstić information content (AvgIpc) is 2.76. The number of amidine groups is 1. The highest BCUT2D eigenvalue weighted by Gasteiger charge is 2.27. The zero-order chi connectivity index (χ0) is 22.1. The first-order valence-electron chi connectivity index (χ1n) is 9.74. The Labute approximate surface area is 176 Å². The molecule has 0 aromatic heterocycles. The largest absolute Gasteiger partial charge is 0.491 e. The first kappa shape index (κ1) is 23.0. The maximum Gasteiger partial charge on any atom is 0.333 e. The Bertz CT molecular complexity index is 881. The van der Waals surface area contributed by atoms with Crippen LogP contribution in [0.3, 0.4) is 0 Å². The van der Waals surface area contributed by atoms with Crippen LogP contribution in [-0.2, 0) is 16.0 Å². The lowest BCUT2D eigenvalue weighted by atomic mass is 9.96. The first-order chi connectivity index (χ1) is 14.4. The Balaban J connectivity index is 2.49. The second kappa shape index (κ2) is 11.1. The molecule has 1 atom stereocenters. The molecule has 0 bridgehead atoms. The number of aliphatic hydroxyl groups excluding tert-OH is 1. The summed E-state index contributed by atoms with van der Waals surface area (Å²) in [6, 6.07) is 9.88. The van der Waals surface area contributed by atoms with Crippen molar-refractivity contribution in [1.29, 1.82) is 0 Å². The van der Waals surface area contributed by atoms with Crippen LogP contribution in [0.25, 0.3) is 0 Å². The van der Waals surface area contributed by atoms with Crippen LogP contribution in [-0.4, -0.2) is 42.4 Å². The lowest BCUT2D eigenvalue weighted by molar-refractivity contribution is -0.141. The molecule has 0 saturated carbocycles. The fourth-order valence-corrected chi connectivity index (χ4v) is 3.21. The smallest absolute Gasteiger partial charge is 0.333 e. The number of nitrogens with two attached hydrogens (primary N) is 1. The molecule has 8 nitrogen and oxygen atoms in total. The van der Waals surface area contributed by atoms with Crippen LogP contribution >= 0.6 is 0 Å². The number of ether oxygens (including phenoxy) is 2. The minimum atomic E-state index is -0.825. The van der Waals surface area contributed by atoms with Gasteiger partial charge in [0.25, 0.3) is 0 Å². The van der Waals surface area contributed by atoms with Gasteiger partial charge >= 0.3 is 5.97 Å². The molecule has 5 N–H and O–H groups in total. The van der Waals surface area contributed by atoms with E-state index in [1.165, 1.54) is 7.11 Å². The van der Waals surface area contributed by atoms with Crippen LogP contribution < -0.4 is 15.8 Å². The molecule has 162 valence electrons. The molecule has 2 aromatic rings. The van der Waals surface area contributed by atoms with Gasteiger partial charge in [0, 0.05) is 16.8 Å². The number of oxime groups is 1. The molecule has 2 rings (SSSR count). The lowest BCUT2D eigenvalue weighted by Crippen LogP contribution is -2.24. The number of nitrogens with zero attached hydrogens (tertiary/aromatic N) is 1. The minimum Gasteiger partial charge on any atom is -0.491 e. The molecule has 0 radical (unpaired) electrons. The Hall–Kier alpha value is -3.26. The number of anilines is 1. The fourth-order valence-electron chi connectivity index (χ4n) is 3.21. The van der Waals surface area contributed by atoms with Crippen molar-refractivity contribution < 1.29 is 24.6 Å². The molecule has 2 aromatic carbocycles. The molecule has 0 saturated heterocycles. The van der Waals surface area contributed by atoms with Gasteiger partial charge in [0.05, 0.1) is 13.7 Å². The number of hydrogen-bond acceptors (Lipinski definition) is 7. The molecule has 30 heavy (non-hydrogen) atoms. The summed E-state index contributed by atoms with van der Waals surface area (Å²) in [7, 11) is 1.33. The van der Waals surface area contributed by atoms with Crippen molar-refractivity contribution in [3.8, 4) is 5.75 Å². The van der Waals surface area contributed by atoms with Crippen LogP contribution in [0.2, 0.25) is 0 Å². The third-order valence-corrected chi connectivity index (χ3v) is 4.54. The van der Waals surface area contributed by atoms with Crippen molar-refractivity contribution >= 4 is 17.5 Å². The molecular weight excluding hydrogens is 386 g/mol. The van der Waals surface area contributed by atoms with Crippen LogP contribution in [0.1, 0.15) is 41.6 Å². The Kier molecular flexibility index (Phi) is 8.49. The van der Waals surface area contributed by atoms with Gasteiger partial charge < -0.3 is 30.8 Å². The minimum absolute atomic E-state index is 0.00588. The van der Waals surface area contributed by atoms with E-state index in [2.05, 4.69) is 17.4 Å². The third kappa shape index (κ3) is 5.64. The Morgan fingerprint density at radius 1 is 1.27 bits per heavy atom. The summed E-state index contributed by atoms with van der Waals surface area (Å²) in [6.45, 7) is 4.01. The van der Waals surface area contributed by atoms with Gasteiger partial charge in [-0.25, -0.2) is 4.79 Å². The molecule has 0 spiro atoms.